The van der Waals surface area contributed by atoms with Crippen molar-refractivity contribution in [2.45, 2.75) is 72.6 Å². The van der Waals surface area contributed by atoms with E-state index in [4.69, 9.17) is 9.15 Å². The molecule has 0 amide bonds. The van der Waals surface area contributed by atoms with Crippen LogP contribution < -0.4 is 0 Å². The van der Waals surface area contributed by atoms with Gasteiger partial charge in [0, 0.05) is 17.9 Å². The first-order valence-electron chi connectivity index (χ1n) is 10.7. The van der Waals surface area contributed by atoms with Gasteiger partial charge < -0.3 is 9.15 Å². The van der Waals surface area contributed by atoms with Gasteiger partial charge in [0.15, 0.2) is 0 Å². The van der Waals surface area contributed by atoms with Crippen molar-refractivity contribution in [1.82, 2.24) is 0 Å². The Labute approximate surface area is 174 Å². The summed E-state index contributed by atoms with van der Waals surface area (Å²) in [5.74, 6) is 0.956. The van der Waals surface area contributed by atoms with Gasteiger partial charge in [-0.25, -0.2) is 4.79 Å². The molecule has 1 aromatic heterocycles. The zero-order chi connectivity index (χ0) is 21.2. The average molecular weight is 399 g/mol. The summed E-state index contributed by atoms with van der Waals surface area (Å²) in [7, 11) is 0. The van der Waals surface area contributed by atoms with Gasteiger partial charge in [-0.05, 0) is 82.1 Å². The number of hydrogen-bond acceptors (Lipinski definition) is 4. The van der Waals surface area contributed by atoms with E-state index >= 15 is 0 Å². The maximum atomic E-state index is 12.4. The maximum absolute atomic E-state index is 12.4. The van der Waals surface area contributed by atoms with Gasteiger partial charge in [-0.2, -0.15) is 0 Å². The zero-order valence-corrected chi connectivity index (χ0v) is 18.2. The minimum atomic E-state index is -0.279. The summed E-state index contributed by atoms with van der Waals surface area (Å²) in [6.45, 7) is 8.00. The molecule has 0 unspecified atom stereocenters. The molecule has 0 saturated carbocycles. The quantitative estimate of drug-likeness (QED) is 0.305. The molecule has 0 saturated heterocycles. The summed E-state index contributed by atoms with van der Waals surface area (Å²) in [6, 6.07) is 2.01. The van der Waals surface area contributed by atoms with Crippen LogP contribution in [-0.4, -0.2) is 11.8 Å². The smallest absolute Gasteiger partial charge is 0.339 e. The van der Waals surface area contributed by atoms with E-state index in [2.05, 4.69) is 19.9 Å². The molecular formula is C25H34O4. The fourth-order valence-corrected chi connectivity index (χ4v) is 3.42. The maximum Gasteiger partial charge on any atom is 0.339 e. The third-order valence-electron chi connectivity index (χ3n) is 5.45. The Morgan fingerprint density at radius 2 is 2.00 bits per heavy atom. The highest BCUT2D eigenvalue weighted by Gasteiger charge is 2.18. The number of esters is 1. The zero-order valence-electron chi connectivity index (χ0n) is 18.2. The standard InChI is InChI=1S/C25H34O4/c1-18(8-6-10-22-13-14-28-17-22)7-5-9-20(3)24(26)12-11-19(2)15-23-16-21(4)25(27)29-23/h8,13-17,19-20H,5-7,9-12H2,1-4H3/b18-8+,23-15-/t19-,20+/m1/s1. The highest BCUT2D eigenvalue weighted by molar-refractivity contribution is 5.92. The summed E-state index contributed by atoms with van der Waals surface area (Å²) in [6.07, 6.45) is 15.9. The summed E-state index contributed by atoms with van der Waals surface area (Å²) >= 11 is 0. The second-order valence-corrected chi connectivity index (χ2v) is 8.28. The van der Waals surface area contributed by atoms with E-state index in [0.29, 0.717) is 23.5 Å². The molecule has 0 spiro atoms. The predicted octanol–water partition coefficient (Wildman–Crippen LogP) is 6.34. The Morgan fingerprint density at radius 3 is 2.66 bits per heavy atom. The SMILES string of the molecule is CC1=C/C(=C/[C@H](C)CCC(=O)[C@@H](C)CCC/C(C)=C/CCc2ccoc2)OC1=O. The van der Waals surface area contributed by atoms with Crippen molar-refractivity contribution in [2.24, 2.45) is 11.8 Å². The number of Topliss-reactive ketones (excluding diaryl/α,β-unsaturated/α-hetero) is 1. The van der Waals surface area contributed by atoms with E-state index in [1.165, 1.54) is 11.1 Å². The topological polar surface area (TPSA) is 56.5 Å². The van der Waals surface area contributed by atoms with E-state index in [1.807, 2.05) is 19.1 Å². The van der Waals surface area contributed by atoms with Crippen LogP contribution in [0.3, 0.4) is 0 Å². The first-order valence-corrected chi connectivity index (χ1v) is 10.7. The third kappa shape index (κ3) is 8.26. The molecule has 1 aliphatic heterocycles. The number of carbonyl (C=O) groups is 2. The fourth-order valence-electron chi connectivity index (χ4n) is 3.42. The second-order valence-electron chi connectivity index (χ2n) is 8.28. The Morgan fingerprint density at radius 1 is 1.21 bits per heavy atom. The van der Waals surface area contributed by atoms with Gasteiger partial charge in [0.25, 0.3) is 0 Å². The monoisotopic (exact) mass is 398 g/mol. The molecule has 0 aliphatic carbocycles. The van der Waals surface area contributed by atoms with Crippen LogP contribution in [0, 0.1) is 11.8 Å². The minimum Gasteiger partial charge on any atom is -0.472 e. The highest BCUT2D eigenvalue weighted by Crippen LogP contribution is 2.21. The number of cyclic esters (lactones) is 1. The minimum absolute atomic E-state index is 0.0973. The molecule has 4 nitrogen and oxygen atoms in total. The molecule has 1 aliphatic rings. The molecule has 158 valence electrons. The number of allylic oxidation sites excluding steroid dienone is 4. The number of ketones is 1. The average Bonchev–Trinajstić information content (AvgIpc) is 3.29. The number of hydrogen-bond donors (Lipinski definition) is 0. The molecule has 29 heavy (non-hydrogen) atoms. The van der Waals surface area contributed by atoms with Crippen LogP contribution >= 0.6 is 0 Å². The van der Waals surface area contributed by atoms with Crippen molar-refractivity contribution < 1.29 is 18.7 Å². The second kappa shape index (κ2) is 11.6. The number of ether oxygens (including phenoxy) is 1. The van der Waals surface area contributed by atoms with Gasteiger partial charge in [0.1, 0.15) is 11.5 Å². The number of carbonyl (C=O) groups excluding carboxylic acids is 2. The summed E-state index contributed by atoms with van der Waals surface area (Å²) in [4.78, 5) is 23.8. The van der Waals surface area contributed by atoms with Crippen LogP contribution in [0.25, 0.3) is 0 Å². The number of rotatable bonds is 12. The highest BCUT2D eigenvalue weighted by atomic mass is 16.5. The molecule has 0 bridgehead atoms. The van der Waals surface area contributed by atoms with E-state index < -0.39 is 0 Å². The lowest BCUT2D eigenvalue weighted by atomic mass is 9.92. The van der Waals surface area contributed by atoms with Gasteiger partial charge >= 0.3 is 5.97 Å². The van der Waals surface area contributed by atoms with Crippen molar-refractivity contribution in [3.8, 4) is 0 Å². The predicted molar refractivity (Wildman–Crippen MR) is 115 cm³/mol. The van der Waals surface area contributed by atoms with Crippen LogP contribution in [0.2, 0.25) is 0 Å². The summed E-state index contributed by atoms with van der Waals surface area (Å²) < 4.78 is 10.2. The summed E-state index contributed by atoms with van der Waals surface area (Å²) in [5.41, 5.74) is 3.25. The van der Waals surface area contributed by atoms with Gasteiger partial charge in [0.05, 0.1) is 12.5 Å². The molecule has 2 atom stereocenters. The fraction of sp³-hybridized carbons (Fsp3) is 0.520. The molecule has 2 rings (SSSR count). The van der Waals surface area contributed by atoms with Crippen LogP contribution in [0.1, 0.15) is 71.8 Å². The normalized spacial score (nSPS) is 17.9. The van der Waals surface area contributed by atoms with Crippen LogP contribution in [-0.2, 0) is 20.7 Å². The third-order valence-corrected chi connectivity index (χ3v) is 5.45. The van der Waals surface area contributed by atoms with E-state index in [9.17, 15) is 9.59 Å². The van der Waals surface area contributed by atoms with E-state index in [1.54, 1.807) is 25.5 Å². The van der Waals surface area contributed by atoms with Crippen molar-refractivity contribution in [3.05, 3.63) is 59.3 Å². The molecular weight excluding hydrogens is 364 g/mol. The molecule has 4 heteroatoms. The van der Waals surface area contributed by atoms with Crippen LogP contribution in [0.15, 0.2) is 58.1 Å². The molecule has 2 heterocycles. The molecule has 0 fully saturated rings. The Kier molecular flexibility index (Phi) is 9.17. The van der Waals surface area contributed by atoms with Gasteiger partial charge in [-0.15, -0.1) is 0 Å². The van der Waals surface area contributed by atoms with E-state index in [-0.39, 0.29) is 17.8 Å². The van der Waals surface area contributed by atoms with Crippen LogP contribution in [0.4, 0.5) is 0 Å². The number of aryl methyl sites for hydroxylation is 1. The first kappa shape index (κ1) is 22.9. The lowest BCUT2D eigenvalue weighted by Crippen LogP contribution is -2.12. The van der Waals surface area contributed by atoms with Crippen LogP contribution in [0.5, 0.6) is 0 Å². The molecule has 1 aromatic rings. The van der Waals surface area contributed by atoms with Crippen molar-refractivity contribution in [2.75, 3.05) is 0 Å². The van der Waals surface area contributed by atoms with Crippen molar-refractivity contribution in [1.29, 1.82) is 0 Å². The van der Waals surface area contributed by atoms with E-state index in [0.717, 1.165) is 38.5 Å². The number of furan rings is 1. The van der Waals surface area contributed by atoms with Crippen molar-refractivity contribution in [3.63, 3.8) is 0 Å². The molecule has 0 radical (unpaired) electrons. The van der Waals surface area contributed by atoms with Gasteiger partial charge in [-0.3, -0.25) is 4.79 Å². The van der Waals surface area contributed by atoms with Gasteiger partial charge in [-0.1, -0.05) is 25.5 Å². The first-order chi connectivity index (χ1) is 13.8. The Balaban J connectivity index is 1.62. The molecule has 0 N–H and O–H groups in total. The lowest BCUT2D eigenvalue weighted by molar-refractivity contribution is -0.133. The molecule has 0 aromatic carbocycles. The van der Waals surface area contributed by atoms with Gasteiger partial charge in [0.2, 0.25) is 0 Å². The summed E-state index contributed by atoms with van der Waals surface area (Å²) in [5, 5.41) is 0. The Hall–Kier alpha value is -2.36. The lowest BCUT2D eigenvalue weighted by Gasteiger charge is -2.12. The largest absolute Gasteiger partial charge is 0.472 e. The van der Waals surface area contributed by atoms with Crippen molar-refractivity contribution >= 4 is 11.8 Å². The Bertz CT molecular complexity index is 765.